The minimum Gasteiger partial charge on any atom is -0.478 e. The number of carboxylic acids is 1. The van der Waals surface area contributed by atoms with Gasteiger partial charge in [-0.05, 0) is 53.0 Å². The second-order valence-electron chi connectivity index (χ2n) is 5.28. The maximum atomic E-state index is 10.9. The van der Waals surface area contributed by atoms with Crippen LogP contribution in [0, 0.1) is 0 Å². The van der Waals surface area contributed by atoms with Crippen molar-refractivity contribution in [1.82, 2.24) is 5.32 Å². The van der Waals surface area contributed by atoms with E-state index in [2.05, 4.69) is 11.4 Å². The van der Waals surface area contributed by atoms with E-state index >= 15 is 0 Å². The van der Waals surface area contributed by atoms with Crippen molar-refractivity contribution in [2.75, 3.05) is 0 Å². The van der Waals surface area contributed by atoms with Crippen molar-refractivity contribution in [1.29, 1.82) is 0 Å². The molecule has 2 aliphatic rings. The molecule has 23 heavy (non-hydrogen) atoms. The second kappa shape index (κ2) is 6.79. The molecule has 0 fully saturated rings. The number of fused-ring (bicyclic) bond motifs is 3. The van der Waals surface area contributed by atoms with Crippen LogP contribution in [0.15, 0.2) is 79.2 Å². The first kappa shape index (κ1) is 14.9. The van der Waals surface area contributed by atoms with Gasteiger partial charge in [0.05, 0.1) is 5.56 Å². The SMILES string of the molecule is C1=CC=CNC=C1.O=C(O)c1ccc2c(c1)-c1ccccc1C2. The largest absolute Gasteiger partial charge is 0.478 e. The zero-order valence-electron chi connectivity index (χ0n) is 12.6. The molecular weight excluding hydrogens is 286 g/mol. The molecule has 1 aliphatic carbocycles. The van der Waals surface area contributed by atoms with E-state index in [4.69, 9.17) is 5.11 Å². The van der Waals surface area contributed by atoms with Crippen molar-refractivity contribution in [3.05, 3.63) is 95.9 Å². The molecule has 2 aromatic carbocycles. The predicted octanol–water partition coefficient (Wildman–Crippen LogP) is 4.13. The van der Waals surface area contributed by atoms with Crippen LogP contribution in [-0.2, 0) is 6.42 Å². The van der Waals surface area contributed by atoms with Crippen molar-refractivity contribution in [2.45, 2.75) is 6.42 Å². The first-order valence-electron chi connectivity index (χ1n) is 7.44. The fourth-order valence-electron chi connectivity index (χ4n) is 2.66. The van der Waals surface area contributed by atoms with Crippen molar-refractivity contribution >= 4 is 5.97 Å². The Morgan fingerprint density at radius 2 is 1.57 bits per heavy atom. The van der Waals surface area contributed by atoms with E-state index in [-0.39, 0.29) is 0 Å². The van der Waals surface area contributed by atoms with Crippen molar-refractivity contribution in [2.24, 2.45) is 0 Å². The molecule has 0 amide bonds. The van der Waals surface area contributed by atoms with Gasteiger partial charge in [0.2, 0.25) is 0 Å². The van der Waals surface area contributed by atoms with E-state index in [0.29, 0.717) is 5.56 Å². The average molecular weight is 303 g/mol. The molecule has 0 saturated carbocycles. The summed E-state index contributed by atoms with van der Waals surface area (Å²) >= 11 is 0. The van der Waals surface area contributed by atoms with Gasteiger partial charge in [0.1, 0.15) is 0 Å². The molecule has 0 unspecified atom stereocenters. The average Bonchev–Trinajstić information content (AvgIpc) is 2.74. The number of hydrogen-bond donors (Lipinski definition) is 2. The maximum absolute atomic E-state index is 10.9. The van der Waals surface area contributed by atoms with E-state index < -0.39 is 5.97 Å². The Labute approximate surface area is 135 Å². The number of hydrogen-bond acceptors (Lipinski definition) is 2. The van der Waals surface area contributed by atoms with E-state index in [1.54, 1.807) is 12.1 Å². The number of benzene rings is 2. The van der Waals surface area contributed by atoms with Gasteiger partial charge in [-0.15, -0.1) is 0 Å². The van der Waals surface area contributed by atoms with Crippen LogP contribution in [0.4, 0.5) is 0 Å². The van der Waals surface area contributed by atoms with Gasteiger partial charge >= 0.3 is 5.97 Å². The lowest BCUT2D eigenvalue weighted by Gasteiger charge is -2.01. The van der Waals surface area contributed by atoms with E-state index in [1.807, 2.05) is 61.0 Å². The molecular formula is C20H17NO2. The summed E-state index contributed by atoms with van der Waals surface area (Å²) in [7, 11) is 0. The smallest absolute Gasteiger partial charge is 0.335 e. The van der Waals surface area contributed by atoms with Gasteiger partial charge in [-0.1, -0.05) is 42.5 Å². The van der Waals surface area contributed by atoms with Crippen LogP contribution in [-0.4, -0.2) is 11.1 Å². The number of allylic oxidation sites excluding steroid dienone is 4. The van der Waals surface area contributed by atoms with Gasteiger partial charge in [-0.2, -0.15) is 0 Å². The Kier molecular flexibility index (Phi) is 4.39. The van der Waals surface area contributed by atoms with Crippen molar-refractivity contribution < 1.29 is 9.90 Å². The number of carbonyl (C=O) groups is 1. The van der Waals surface area contributed by atoms with Gasteiger partial charge in [-0.3, -0.25) is 0 Å². The van der Waals surface area contributed by atoms with Gasteiger partial charge in [0.15, 0.2) is 0 Å². The monoisotopic (exact) mass is 303 g/mol. The molecule has 0 saturated heterocycles. The van der Waals surface area contributed by atoms with Crippen LogP contribution in [0.2, 0.25) is 0 Å². The van der Waals surface area contributed by atoms with Crippen LogP contribution in [0.3, 0.4) is 0 Å². The molecule has 114 valence electrons. The first-order chi connectivity index (χ1) is 11.3. The van der Waals surface area contributed by atoms with Crippen molar-refractivity contribution in [3.8, 4) is 11.1 Å². The lowest BCUT2D eigenvalue weighted by molar-refractivity contribution is 0.0697. The predicted molar refractivity (Wildman–Crippen MR) is 92.2 cm³/mol. The molecule has 0 spiro atoms. The fourth-order valence-corrected chi connectivity index (χ4v) is 2.66. The summed E-state index contributed by atoms with van der Waals surface area (Å²) in [6, 6.07) is 13.5. The number of aromatic carboxylic acids is 1. The molecule has 0 atom stereocenters. The van der Waals surface area contributed by atoms with Crippen molar-refractivity contribution in [3.63, 3.8) is 0 Å². The van der Waals surface area contributed by atoms with Gasteiger partial charge in [-0.25, -0.2) is 4.79 Å². The standard InChI is InChI=1S/C14H10O2.C6H7N/c15-14(16)11-6-5-10-7-9-3-1-2-4-12(9)13(10)8-11;1-2-4-6-7-5-3-1/h1-6,8H,7H2,(H,15,16);1-7H. The summed E-state index contributed by atoms with van der Waals surface area (Å²) < 4.78 is 0. The summed E-state index contributed by atoms with van der Waals surface area (Å²) in [4.78, 5) is 10.9. The Hall–Kier alpha value is -3.07. The lowest BCUT2D eigenvalue weighted by atomic mass is 10.0. The molecule has 0 bridgehead atoms. The highest BCUT2D eigenvalue weighted by atomic mass is 16.4. The summed E-state index contributed by atoms with van der Waals surface area (Å²) in [5, 5.41) is 11.9. The summed E-state index contributed by atoms with van der Waals surface area (Å²) in [6.07, 6.45) is 12.5. The minimum absolute atomic E-state index is 0.357. The van der Waals surface area contributed by atoms with Crippen LogP contribution in [0.1, 0.15) is 21.5 Å². The molecule has 0 radical (unpaired) electrons. The number of rotatable bonds is 1. The molecule has 0 aromatic heterocycles. The number of carboxylic acid groups (broad SMARTS) is 1. The first-order valence-corrected chi connectivity index (χ1v) is 7.44. The molecule has 3 heteroatoms. The highest BCUT2D eigenvalue weighted by Crippen LogP contribution is 2.36. The van der Waals surface area contributed by atoms with Gasteiger partial charge in [0, 0.05) is 12.4 Å². The summed E-state index contributed by atoms with van der Waals surface area (Å²) in [6.45, 7) is 0. The Balaban J connectivity index is 0.000000188. The molecule has 2 aromatic rings. The molecule has 3 nitrogen and oxygen atoms in total. The Bertz CT molecular complexity index is 802. The van der Waals surface area contributed by atoms with Crippen LogP contribution in [0.5, 0.6) is 0 Å². The maximum Gasteiger partial charge on any atom is 0.335 e. The Morgan fingerprint density at radius 3 is 2.30 bits per heavy atom. The highest BCUT2D eigenvalue weighted by Gasteiger charge is 2.18. The number of nitrogens with one attached hydrogen (secondary N) is 1. The topological polar surface area (TPSA) is 49.3 Å². The van der Waals surface area contributed by atoms with Crippen LogP contribution < -0.4 is 5.32 Å². The third-order valence-electron chi connectivity index (χ3n) is 3.76. The highest BCUT2D eigenvalue weighted by molar-refractivity contribution is 5.91. The van der Waals surface area contributed by atoms with Crippen LogP contribution in [0.25, 0.3) is 11.1 Å². The van der Waals surface area contributed by atoms with Gasteiger partial charge in [0.25, 0.3) is 0 Å². The van der Waals surface area contributed by atoms with Gasteiger partial charge < -0.3 is 10.4 Å². The normalized spacial score (nSPS) is 13.2. The van der Waals surface area contributed by atoms with E-state index in [9.17, 15) is 4.79 Å². The second-order valence-corrected chi connectivity index (χ2v) is 5.28. The third kappa shape index (κ3) is 3.40. The quantitative estimate of drug-likeness (QED) is 0.710. The molecule has 4 rings (SSSR count). The van der Waals surface area contributed by atoms with Crippen LogP contribution >= 0.6 is 0 Å². The fraction of sp³-hybridized carbons (Fsp3) is 0.0500. The zero-order chi connectivity index (χ0) is 16.1. The minimum atomic E-state index is -0.868. The summed E-state index contributed by atoms with van der Waals surface area (Å²) in [5.41, 5.74) is 5.08. The molecule has 2 N–H and O–H groups in total. The third-order valence-corrected chi connectivity index (χ3v) is 3.76. The van der Waals surface area contributed by atoms with E-state index in [0.717, 1.165) is 12.0 Å². The molecule has 1 aliphatic heterocycles. The van der Waals surface area contributed by atoms with E-state index in [1.165, 1.54) is 16.7 Å². The summed E-state index contributed by atoms with van der Waals surface area (Å²) in [5.74, 6) is -0.868. The lowest BCUT2D eigenvalue weighted by Crippen LogP contribution is -1.96. The molecule has 1 heterocycles. The zero-order valence-corrected chi connectivity index (χ0v) is 12.6. The Morgan fingerprint density at radius 1 is 0.870 bits per heavy atom.